The van der Waals surface area contributed by atoms with Crippen molar-refractivity contribution in [3.63, 3.8) is 0 Å². The monoisotopic (exact) mass is 246 g/mol. The number of carbonyl (C=O) groups is 1. The summed E-state index contributed by atoms with van der Waals surface area (Å²) in [5.41, 5.74) is 0.388. The summed E-state index contributed by atoms with van der Waals surface area (Å²) in [4.78, 5) is 10.9. The van der Waals surface area contributed by atoms with E-state index in [0.717, 1.165) is 22.2 Å². The molecule has 0 aliphatic heterocycles. The molecule has 0 bridgehead atoms. The van der Waals surface area contributed by atoms with Crippen molar-refractivity contribution >= 4 is 33.2 Å². The molecule has 1 aliphatic rings. The molecule has 0 amide bonds. The van der Waals surface area contributed by atoms with Crippen LogP contribution in [0.5, 0.6) is 0 Å². The summed E-state index contributed by atoms with van der Waals surface area (Å²) >= 11 is 4.91. The normalized spacial score (nSPS) is 19.1. The second-order valence-corrected chi connectivity index (χ2v) is 5.23. The molecular weight excluding hydrogens is 240 g/mol. The largest absolute Gasteiger partial charge is 0.481 e. The molecule has 2 rings (SSSR count). The maximum atomic E-state index is 10.9. The second-order valence-electron chi connectivity index (χ2n) is 3.00. The predicted molar refractivity (Wildman–Crippen MR) is 50.6 cm³/mol. The van der Waals surface area contributed by atoms with Crippen molar-refractivity contribution in [3.8, 4) is 0 Å². The Balaban J connectivity index is 2.43. The van der Waals surface area contributed by atoms with Gasteiger partial charge < -0.3 is 5.11 Å². The van der Waals surface area contributed by atoms with Crippen LogP contribution in [0.1, 0.15) is 18.4 Å². The minimum Gasteiger partial charge on any atom is -0.481 e. The molecule has 2 nitrogen and oxygen atoms in total. The molecule has 0 spiro atoms. The van der Waals surface area contributed by atoms with Crippen LogP contribution in [0.25, 0.3) is 0 Å². The van der Waals surface area contributed by atoms with Crippen LogP contribution in [0.4, 0.5) is 0 Å². The fraction of sp³-hybridized carbons (Fsp3) is 0.375. The van der Waals surface area contributed by atoms with E-state index in [9.17, 15) is 4.79 Å². The Bertz CT molecular complexity index is 328. The lowest BCUT2D eigenvalue weighted by Crippen LogP contribution is -2.18. The lowest BCUT2D eigenvalue weighted by molar-refractivity contribution is -0.140. The fourth-order valence-corrected chi connectivity index (χ4v) is 2.91. The van der Waals surface area contributed by atoms with Gasteiger partial charge in [-0.05, 0) is 45.8 Å². The van der Waals surface area contributed by atoms with Crippen LogP contribution in [0.2, 0.25) is 0 Å². The zero-order valence-electron chi connectivity index (χ0n) is 6.21. The lowest BCUT2D eigenvalue weighted by atomic mass is 10.00. The molecular formula is C8H7BrO2S. The average Bonchev–Trinajstić information content (AvgIpc) is 2.71. The maximum Gasteiger partial charge on any atom is 0.314 e. The smallest absolute Gasteiger partial charge is 0.314 e. The van der Waals surface area contributed by atoms with Gasteiger partial charge in [0.15, 0.2) is 0 Å². The molecule has 0 unspecified atom stereocenters. The van der Waals surface area contributed by atoms with Gasteiger partial charge in [0.25, 0.3) is 0 Å². The number of thiophene rings is 1. The Morgan fingerprint density at radius 2 is 2.33 bits per heavy atom. The summed E-state index contributed by atoms with van der Waals surface area (Å²) in [5, 5.41) is 10.9. The molecule has 1 aromatic heterocycles. The van der Waals surface area contributed by atoms with Gasteiger partial charge in [-0.15, -0.1) is 11.3 Å². The Kier molecular flexibility index (Phi) is 1.77. The molecule has 64 valence electrons. The maximum absolute atomic E-state index is 10.9. The van der Waals surface area contributed by atoms with E-state index in [2.05, 4.69) is 15.9 Å². The minimum atomic E-state index is -0.693. The topological polar surface area (TPSA) is 37.3 Å². The van der Waals surface area contributed by atoms with E-state index in [1.165, 1.54) is 0 Å². The van der Waals surface area contributed by atoms with Gasteiger partial charge >= 0.3 is 5.97 Å². The Labute approximate surface area is 82.3 Å². The number of hydrogen-bond donors (Lipinski definition) is 1. The molecule has 0 aromatic carbocycles. The summed E-state index contributed by atoms with van der Waals surface area (Å²) in [7, 11) is 0. The van der Waals surface area contributed by atoms with E-state index in [1.54, 1.807) is 11.3 Å². The zero-order chi connectivity index (χ0) is 8.77. The molecule has 1 saturated carbocycles. The first-order valence-electron chi connectivity index (χ1n) is 3.64. The van der Waals surface area contributed by atoms with Crippen LogP contribution in [-0.2, 0) is 10.2 Å². The van der Waals surface area contributed by atoms with Crippen LogP contribution in [-0.4, -0.2) is 11.1 Å². The first kappa shape index (κ1) is 8.26. The van der Waals surface area contributed by atoms with Crippen LogP contribution in [0, 0.1) is 0 Å². The van der Waals surface area contributed by atoms with E-state index in [1.807, 2.05) is 11.4 Å². The highest BCUT2D eigenvalue weighted by Gasteiger charge is 2.53. The van der Waals surface area contributed by atoms with Crippen molar-refractivity contribution in [2.75, 3.05) is 0 Å². The van der Waals surface area contributed by atoms with Crippen LogP contribution in [0.15, 0.2) is 15.2 Å². The molecule has 12 heavy (non-hydrogen) atoms. The fourth-order valence-electron chi connectivity index (χ4n) is 1.36. The first-order valence-corrected chi connectivity index (χ1v) is 5.31. The quantitative estimate of drug-likeness (QED) is 0.872. The molecule has 1 fully saturated rings. The molecule has 0 saturated heterocycles. The summed E-state index contributed by atoms with van der Waals surface area (Å²) in [6.07, 6.45) is 1.55. The van der Waals surface area contributed by atoms with Crippen LogP contribution in [0.3, 0.4) is 0 Å². The number of hydrogen-bond acceptors (Lipinski definition) is 2. The zero-order valence-corrected chi connectivity index (χ0v) is 8.61. The number of carboxylic acid groups (broad SMARTS) is 1. The van der Waals surface area contributed by atoms with Gasteiger partial charge in [0.1, 0.15) is 0 Å². The van der Waals surface area contributed by atoms with Crippen LogP contribution < -0.4 is 0 Å². The number of halogens is 1. The highest BCUT2D eigenvalue weighted by molar-refractivity contribution is 9.11. The van der Waals surface area contributed by atoms with Crippen molar-refractivity contribution in [2.24, 2.45) is 0 Å². The third kappa shape index (κ3) is 1.02. The number of aliphatic carboxylic acids is 1. The van der Waals surface area contributed by atoms with Gasteiger partial charge in [0, 0.05) is 0 Å². The molecule has 1 heterocycles. The van der Waals surface area contributed by atoms with Crippen molar-refractivity contribution in [1.82, 2.24) is 0 Å². The summed E-state index contributed by atoms with van der Waals surface area (Å²) in [6.45, 7) is 0. The Morgan fingerprint density at radius 3 is 2.67 bits per heavy atom. The minimum absolute atomic E-state index is 0.557. The molecule has 1 aromatic rings. The van der Waals surface area contributed by atoms with Gasteiger partial charge in [-0.2, -0.15) is 0 Å². The third-order valence-corrected chi connectivity index (χ3v) is 3.98. The van der Waals surface area contributed by atoms with Gasteiger partial charge in [-0.25, -0.2) is 0 Å². The lowest BCUT2D eigenvalue weighted by Gasteiger charge is -2.07. The highest BCUT2D eigenvalue weighted by atomic mass is 79.9. The SMILES string of the molecule is O=C(O)C1(c2ccsc2Br)CC1. The van der Waals surface area contributed by atoms with Crippen molar-refractivity contribution in [2.45, 2.75) is 18.3 Å². The second kappa shape index (κ2) is 2.57. The molecule has 0 radical (unpaired) electrons. The van der Waals surface area contributed by atoms with Crippen molar-refractivity contribution < 1.29 is 9.90 Å². The van der Waals surface area contributed by atoms with Crippen LogP contribution >= 0.6 is 27.3 Å². The van der Waals surface area contributed by atoms with E-state index in [-0.39, 0.29) is 0 Å². The van der Waals surface area contributed by atoms with E-state index >= 15 is 0 Å². The number of carboxylic acids is 1. The molecule has 0 atom stereocenters. The first-order chi connectivity index (χ1) is 5.67. The Hall–Kier alpha value is -0.350. The van der Waals surface area contributed by atoms with Crippen molar-refractivity contribution in [3.05, 3.63) is 20.8 Å². The molecule has 1 N–H and O–H groups in total. The van der Waals surface area contributed by atoms with Crippen molar-refractivity contribution in [1.29, 1.82) is 0 Å². The van der Waals surface area contributed by atoms with Gasteiger partial charge in [0.05, 0.1) is 9.20 Å². The number of rotatable bonds is 2. The van der Waals surface area contributed by atoms with Gasteiger partial charge in [-0.3, -0.25) is 4.79 Å². The van der Waals surface area contributed by atoms with E-state index < -0.39 is 11.4 Å². The van der Waals surface area contributed by atoms with Gasteiger partial charge in [0.2, 0.25) is 0 Å². The summed E-state index contributed by atoms with van der Waals surface area (Å²) in [6, 6.07) is 1.90. The van der Waals surface area contributed by atoms with E-state index in [0.29, 0.717) is 0 Å². The predicted octanol–water partition coefficient (Wildman–Crippen LogP) is 2.63. The standard InChI is InChI=1S/C8H7BrO2S/c9-6-5(1-4-12-6)8(2-3-8)7(10)11/h1,4H,2-3H2,(H,10,11). The van der Waals surface area contributed by atoms with Gasteiger partial charge in [-0.1, -0.05) is 0 Å². The average molecular weight is 247 g/mol. The summed E-state index contributed by atoms with van der Waals surface area (Å²) in [5.74, 6) is -0.693. The Morgan fingerprint density at radius 1 is 1.67 bits per heavy atom. The highest BCUT2D eigenvalue weighted by Crippen LogP contribution is 2.51. The summed E-state index contributed by atoms with van der Waals surface area (Å²) < 4.78 is 0.961. The molecule has 1 aliphatic carbocycles. The third-order valence-electron chi connectivity index (χ3n) is 2.29. The molecule has 4 heteroatoms. The van der Waals surface area contributed by atoms with E-state index in [4.69, 9.17) is 5.11 Å².